The molecule has 2 aliphatic rings. The molecule has 1 fully saturated rings. The summed E-state index contributed by atoms with van der Waals surface area (Å²) in [5, 5.41) is 3.94. The van der Waals surface area contributed by atoms with E-state index in [1.807, 2.05) is 18.2 Å². The lowest BCUT2D eigenvalue weighted by molar-refractivity contribution is -0.115. The van der Waals surface area contributed by atoms with Crippen molar-refractivity contribution in [3.8, 4) is 11.5 Å². The Morgan fingerprint density at radius 1 is 1.12 bits per heavy atom. The normalized spacial score (nSPS) is 19.1. The van der Waals surface area contributed by atoms with Gasteiger partial charge in [0.25, 0.3) is 5.91 Å². The van der Waals surface area contributed by atoms with E-state index in [0.29, 0.717) is 26.6 Å². The van der Waals surface area contributed by atoms with Crippen molar-refractivity contribution in [1.29, 1.82) is 0 Å². The van der Waals surface area contributed by atoms with Gasteiger partial charge in [-0.05, 0) is 59.8 Å². The Labute approximate surface area is 147 Å². The molecule has 24 heavy (non-hydrogen) atoms. The molecule has 120 valence electrons. The summed E-state index contributed by atoms with van der Waals surface area (Å²) in [4.78, 5) is 17.1. The van der Waals surface area contributed by atoms with Crippen molar-refractivity contribution in [3.63, 3.8) is 0 Å². The summed E-state index contributed by atoms with van der Waals surface area (Å²) in [7, 11) is 0. The fraction of sp³-hybridized carbons (Fsp3) is 0.0588. The fourth-order valence-corrected chi connectivity index (χ4v) is 3.24. The zero-order chi connectivity index (χ0) is 16.5. The number of thioether (sulfide) groups is 1. The van der Waals surface area contributed by atoms with Gasteiger partial charge in [-0.25, -0.2) is 4.99 Å². The largest absolute Gasteiger partial charge is 0.454 e. The highest BCUT2D eigenvalue weighted by molar-refractivity contribution is 8.18. The van der Waals surface area contributed by atoms with Gasteiger partial charge in [0.2, 0.25) is 6.79 Å². The smallest absolute Gasteiger partial charge is 0.264 e. The molecule has 5 nitrogen and oxygen atoms in total. The molecule has 0 radical (unpaired) electrons. The molecular formula is C17H11ClN2O3S. The first-order valence-electron chi connectivity index (χ1n) is 7.12. The average Bonchev–Trinajstić information content (AvgIpc) is 3.16. The van der Waals surface area contributed by atoms with Gasteiger partial charge < -0.3 is 14.8 Å². The Morgan fingerprint density at radius 2 is 1.92 bits per heavy atom. The lowest BCUT2D eigenvalue weighted by Gasteiger charge is -1.98. The molecular weight excluding hydrogens is 348 g/mol. The van der Waals surface area contributed by atoms with Crippen LogP contribution >= 0.6 is 23.4 Å². The van der Waals surface area contributed by atoms with Crippen LogP contribution in [0.4, 0.5) is 5.69 Å². The molecule has 0 saturated carbocycles. The number of amidine groups is 1. The number of halogens is 1. The number of carbonyl (C=O) groups excluding carboxylic acids is 1. The maximum atomic E-state index is 12.1. The number of nitrogens with zero attached hydrogens (tertiary/aromatic N) is 1. The zero-order valence-corrected chi connectivity index (χ0v) is 13.9. The second-order valence-corrected chi connectivity index (χ2v) is 6.54. The highest BCUT2D eigenvalue weighted by Gasteiger charge is 2.24. The Morgan fingerprint density at radius 3 is 2.75 bits per heavy atom. The second-order valence-electron chi connectivity index (χ2n) is 5.07. The first kappa shape index (κ1) is 15.1. The molecule has 0 atom stereocenters. The molecule has 2 aromatic rings. The number of nitrogens with one attached hydrogen (secondary N) is 1. The van der Waals surface area contributed by atoms with Crippen molar-refractivity contribution in [2.75, 3.05) is 6.79 Å². The number of hydrogen-bond acceptors (Lipinski definition) is 5. The summed E-state index contributed by atoms with van der Waals surface area (Å²) < 4.78 is 10.6. The zero-order valence-electron chi connectivity index (χ0n) is 12.3. The number of hydrogen-bond donors (Lipinski definition) is 1. The summed E-state index contributed by atoms with van der Waals surface area (Å²) in [5.41, 5.74) is 1.59. The molecule has 2 aromatic carbocycles. The van der Waals surface area contributed by atoms with E-state index in [1.165, 1.54) is 11.8 Å². The lowest BCUT2D eigenvalue weighted by atomic mass is 10.2. The second kappa shape index (κ2) is 6.22. The van der Waals surface area contributed by atoms with Crippen LogP contribution in [0.3, 0.4) is 0 Å². The summed E-state index contributed by atoms with van der Waals surface area (Å²) in [6.45, 7) is 0.225. The Kier molecular flexibility index (Phi) is 3.92. The van der Waals surface area contributed by atoms with Gasteiger partial charge in [0.05, 0.1) is 10.6 Å². The average molecular weight is 359 g/mol. The van der Waals surface area contributed by atoms with Gasteiger partial charge in [0.1, 0.15) is 0 Å². The van der Waals surface area contributed by atoms with Crippen molar-refractivity contribution in [1.82, 2.24) is 5.32 Å². The van der Waals surface area contributed by atoms with Crippen LogP contribution in [0.5, 0.6) is 11.5 Å². The maximum absolute atomic E-state index is 12.1. The number of carbonyl (C=O) groups is 1. The molecule has 1 N–H and O–H groups in total. The van der Waals surface area contributed by atoms with Gasteiger partial charge in [-0.2, -0.15) is 0 Å². The van der Waals surface area contributed by atoms with Crippen LogP contribution in [0.25, 0.3) is 6.08 Å². The van der Waals surface area contributed by atoms with Crippen LogP contribution in [0.2, 0.25) is 5.02 Å². The van der Waals surface area contributed by atoms with E-state index in [4.69, 9.17) is 21.1 Å². The lowest BCUT2D eigenvalue weighted by Crippen LogP contribution is -2.19. The van der Waals surface area contributed by atoms with Crippen LogP contribution in [0.1, 0.15) is 5.56 Å². The van der Waals surface area contributed by atoms with Gasteiger partial charge in [0, 0.05) is 5.02 Å². The van der Waals surface area contributed by atoms with Crippen LogP contribution in [0.15, 0.2) is 52.4 Å². The van der Waals surface area contributed by atoms with E-state index in [2.05, 4.69) is 10.3 Å². The molecule has 1 amide bonds. The highest BCUT2D eigenvalue weighted by atomic mass is 35.5. The van der Waals surface area contributed by atoms with Crippen molar-refractivity contribution < 1.29 is 14.3 Å². The van der Waals surface area contributed by atoms with Crippen molar-refractivity contribution in [3.05, 3.63) is 58.0 Å². The molecule has 4 rings (SSSR count). The summed E-state index contributed by atoms with van der Waals surface area (Å²) in [6, 6.07) is 12.6. The molecule has 0 spiro atoms. The molecule has 7 heteroatoms. The highest BCUT2D eigenvalue weighted by Crippen LogP contribution is 2.34. The van der Waals surface area contributed by atoms with Crippen LogP contribution in [-0.4, -0.2) is 17.9 Å². The standard InChI is InChI=1S/C17H11ClN2O3S/c18-11-2-4-12(5-3-11)19-17-20-16(21)15(24-17)8-10-1-6-13-14(7-10)23-9-22-13/h1-8H,9H2,(H,19,20,21)/b15-8-. The van der Waals surface area contributed by atoms with Crippen LogP contribution in [0, 0.1) is 0 Å². The van der Waals surface area contributed by atoms with Crippen molar-refractivity contribution in [2.24, 2.45) is 4.99 Å². The fourth-order valence-electron chi connectivity index (χ4n) is 2.27. The monoisotopic (exact) mass is 358 g/mol. The molecule has 0 bridgehead atoms. The van der Waals surface area contributed by atoms with Gasteiger partial charge in [-0.1, -0.05) is 17.7 Å². The summed E-state index contributed by atoms with van der Waals surface area (Å²) >= 11 is 7.14. The molecule has 2 heterocycles. The van der Waals surface area contributed by atoms with E-state index in [0.717, 1.165) is 11.3 Å². The third kappa shape index (κ3) is 3.11. The quantitative estimate of drug-likeness (QED) is 0.825. The molecule has 0 unspecified atom stereocenters. The third-order valence-corrected chi connectivity index (χ3v) is 4.56. The van der Waals surface area contributed by atoms with E-state index >= 15 is 0 Å². The minimum absolute atomic E-state index is 0.176. The molecule has 0 aliphatic carbocycles. The van der Waals surface area contributed by atoms with Crippen molar-refractivity contribution in [2.45, 2.75) is 0 Å². The van der Waals surface area contributed by atoms with Crippen LogP contribution < -0.4 is 14.8 Å². The molecule has 0 aromatic heterocycles. The predicted octanol–water partition coefficient (Wildman–Crippen LogP) is 3.96. The van der Waals surface area contributed by atoms with Crippen molar-refractivity contribution >= 4 is 46.2 Å². The number of aliphatic imine (C=N–C) groups is 1. The van der Waals surface area contributed by atoms with Gasteiger partial charge in [-0.15, -0.1) is 0 Å². The topological polar surface area (TPSA) is 59.9 Å². The number of ether oxygens (including phenoxy) is 2. The first-order chi connectivity index (χ1) is 11.7. The van der Waals surface area contributed by atoms with E-state index in [1.54, 1.807) is 30.3 Å². The predicted molar refractivity (Wildman–Crippen MR) is 94.8 cm³/mol. The first-order valence-corrected chi connectivity index (χ1v) is 8.32. The van der Waals surface area contributed by atoms with Gasteiger partial charge in [-0.3, -0.25) is 4.79 Å². The third-order valence-electron chi connectivity index (χ3n) is 3.40. The number of rotatable bonds is 2. The van der Waals surface area contributed by atoms with E-state index in [9.17, 15) is 4.79 Å². The van der Waals surface area contributed by atoms with E-state index < -0.39 is 0 Å². The number of benzene rings is 2. The van der Waals surface area contributed by atoms with Gasteiger partial charge in [0.15, 0.2) is 16.7 Å². The summed E-state index contributed by atoms with van der Waals surface area (Å²) in [6.07, 6.45) is 1.80. The van der Waals surface area contributed by atoms with E-state index in [-0.39, 0.29) is 12.7 Å². The molecule has 2 aliphatic heterocycles. The number of amides is 1. The molecule has 1 saturated heterocycles. The Hall–Kier alpha value is -2.44. The summed E-state index contributed by atoms with van der Waals surface area (Å²) in [5.74, 6) is 1.22. The SMILES string of the molecule is O=C1NC(=Nc2ccc(Cl)cc2)S/C1=C\c1ccc2c(c1)OCO2. The van der Waals surface area contributed by atoms with Gasteiger partial charge >= 0.3 is 0 Å². The minimum Gasteiger partial charge on any atom is -0.454 e. The minimum atomic E-state index is -0.176. The van der Waals surface area contributed by atoms with Crippen LogP contribution in [-0.2, 0) is 4.79 Å². The Balaban J connectivity index is 1.56. The Bertz CT molecular complexity index is 878. The maximum Gasteiger partial charge on any atom is 0.264 e. The number of fused-ring (bicyclic) bond motifs is 1.